The van der Waals surface area contributed by atoms with E-state index in [1.807, 2.05) is 13.2 Å². The number of carbonyl (C=O) groups is 1. The number of anilines is 1. The average molecular weight is 294 g/mol. The van der Waals surface area contributed by atoms with Gasteiger partial charge >= 0.3 is 0 Å². The van der Waals surface area contributed by atoms with E-state index in [4.69, 9.17) is 11.6 Å². The predicted octanol–water partition coefficient (Wildman–Crippen LogP) is 1.78. The second-order valence-corrected chi connectivity index (χ2v) is 4.90. The van der Waals surface area contributed by atoms with Gasteiger partial charge in [-0.3, -0.25) is 9.48 Å². The van der Waals surface area contributed by atoms with E-state index in [9.17, 15) is 4.79 Å². The van der Waals surface area contributed by atoms with Crippen molar-refractivity contribution in [3.8, 4) is 0 Å². The van der Waals surface area contributed by atoms with Crippen LogP contribution in [0.15, 0.2) is 24.7 Å². The summed E-state index contributed by atoms with van der Waals surface area (Å²) < 4.78 is 1.70. The van der Waals surface area contributed by atoms with Gasteiger partial charge in [-0.15, -0.1) is 0 Å². The van der Waals surface area contributed by atoms with Crippen molar-refractivity contribution in [2.24, 2.45) is 7.05 Å². The number of halogens is 1. The van der Waals surface area contributed by atoms with Gasteiger partial charge in [0, 0.05) is 45.6 Å². The van der Waals surface area contributed by atoms with Gasteiger partial charge in [-0.25, -0.2) is 4.98 Å². The van der Waals surface area contributed by atoms with Crippen LogP contribution in [0.5, 0.6) is 0 Å². The van der Waals surface area contributed by atoms with E-state index in [-0.39, 0.29) is 5.91 Å². The van der Waals surface area contributed by atoms with E-state index in [0.717, 1.165) is 5.56 Å². The summed E-state index contributed by atoms with van der Waals surface area (Å²) >= 11 is 6.03. The molecule has 0 saturated heterocycles. The van der Waals surface area contributed by atoms with Gasteiger partial charge in [-0.1, -0.05) is 11.6 Å². The third kappa shape index (κ3) is 3.08. The first-order chi connectivity index (χ1) is 9.51. The van der Waals surface area contributed by atoms with Crippen molar-refractivity contribution < 1.29 is 4.79 Å². The summed E-state index contributed by atoms with van der Waals surface area (Å²) in [6.07, 6.45) is 5.12. The second kappa shape index (κ2) is 5.92. The largest absolute Gasteiger partial charge is 0.372 e. The number of nitrogens with one attached hydrogen (secondary N) is 1. The number of nitrogens with zero attached hydrogens (tertiary/aromatic N) is 4. The molecule has 2 rings (SSSR count). The predicted molar refractivity (Wildman–Crippen MR) is 77.8 cm³/mol. The van der Waals surface area contributed by atoms with Gasteiger partial charge in [0.2, 0.25) is 0 Å². The summed E-state index contributed by atoms with van der Waals surface area (Å²) in [5.41, 5.74) is 1.43. The van der Waals surface area contributed by atoms with Crippen LogP contribution in [0.25, 0.3) is 0 Å². The van der Waals surface area contributed by atoms with E-state index in [0.29, 0.717) is 22.9 Å². The highest BCUT2D eigenvalue weighted by Gasteiger charge is 2.14. The summed E-state index contributed by atoms with van der Waals surface area (Å²) in [5, 5.41) is 7.35. The van der Waals surface area contributed by atoms with Crippen LogP contribution in [-0.2, 0) is 13.6 Å². The third-order valence-electron chi connectivity index (χ3n) is 2.85. The number of aryl methyl sites for hydroxylation is 1. The SMILES string of the molecule is CNc1ncc(C(=O)N(C)Cc2cnn(C)c2)cc1Cl. The van der Waals surface area contributed by atoms with Crippen molar-refractivity contribution in [1.82, 2.24) is 19.7 Å². The van der Waals surface area contributed by atoms with Gasteiger partial charge < -0.3 is 10.2 Å². The molecule has 0 bridgehead atoms. The van der Waals surface area contributed by atoms with Crippen LogP contribution in [0.4, 0.5) is 5.82 Å². The first-order valence-electron chi connectivity index (χ1n) is 6.07. The first-order valence-corrected chi connectivity index (χ1v) is 6.45. The number of pyridine rings is 1. The zero-order valence-corrected chi connectivity index (χ0v) is 12.3. The molecule has 0 saturated carbocycles. The van der Waals surface area contributed by atoms with E-state index < -0.39 is 0 Å². The molecule has 0 atom stereocenters. The number of hydrogen-bond acceptors (Lipinski definition) is 4. The van der Waals surface area contributed by atoms with Crippen LogP contribution < -0.4 is 5.32 Å². The molecule has 0 spiro atoms. The molecule has 2 heterocycles. The Hall–Kier alpha value is -2.08. The molecular weight excluding hydrogens is 278 g/mol. The molecule has 0 aromatic carbocycles. The molecule has 0 aliphatic heterocycles. The average Bonchev–Trinajstić information content (AvgIpc) is 2.83. The van der Waals surface area contributed by atoms with Crippen LogP contribution in [0, 0.1) is 0 Å². The fourth-order valence-corrected chi connectivity index (χ4v) is 2.12. The maximum Gasteiger partial charge on any atom is 0.255 e. The number of aromatic nitrogens is 3. The second-order valence-electron chi connectivity index (χ2n) is 4.49. The fourth-order valence-electron chi connectivity index (χ4n) is 1.86. The minimum atomic E-state index is -0.133. The highest BCUT2D eigenvalue weighted by atomic mass is 35.5. The van der Waals surface area contributed by atoms with Gasteiger partial charge in [0.1, 0.15) is 5.82 Å². The number of hydrogen-bond donors (Lipinski definition) is 1. The Morgan fingerprint density at radius 3 is 2.80 bits per heavy atom. The zero-order chi connectivity index (χ0) is 14.7. The molecule has 106 valence electrons. The van der Waals surface area contributed by atoms with Gasteiger partial charge in [-0.2, -0.15) is 5.10 Å². The summed E-state index contributed by atoms with van der Waals surface area (Å²) in [5.74, 6) is 0.420. The Labute approximate surface area is 122 Å². The van der Waals surface area contributed by atoms with Crippen LogP contribution >= 0.6 is 11.6 Å². The van der Waals surface area contributed by atoms with E-state index in [1.54, 1.807) is 35.9 Å². The fraction of sp³-hybridized carbons (Fsp3) is 0.308. The molecule has 0 fully saturated rings. The summed E-state index contributed by atoms with van der Waals surface area (Å²) in [6, 6.07) is 1.61. The van der Waals surface area contributed by atoms with Crippen LogP contribution in [0.2, 0.25) is 5.02 Å². The van der Waals surface area contributed by atoms with Gasteiger partial charge in [0.25, 0.3) is 5.91 Å². The lowest BCUT2D eigenvalue weighted by Crippen LogP contribution is -2.26. The molecule has 6 nitrogen and oxygen atoms in total. The molecule has 2 aromatic rings. The smallest absolute Gasteiger partial charge is 0.255 e. The van der Waals surface area contributed by atoms with Crippen molar-refractivity contribution in [3.63, 3.8) is 0 Å². The Kier molecular flexibility index (Phi) is 4.24. The summed E-state index contributed by atoms with van der Waals surface area (Å²) in [7, 11) is 5.30. The lowest BCUT2D eigenvalue weighted by atomic mass is 10.2. The van der Waals surface area contributed by atoms with Crippen molar-refractivity contribution in [3.05, 3.63) is 40.8 Å². The Balaban J connectivity index is 2.12. The highest BCUT2D eigenvalue weighted by Crippen LogP contribution is 2.20. The van der Waals surface area contributed by atoms with Crippen molar-refractivity contribution >= 4 is 23.3 Å². The minimum absolute atomic E-state index is 0.133. The highest BCUT2D eigenvalue weighted by molar-refractivity contribution is 6.33. The van der Waals surface area contributed by atoms with Gasteiger partial charge in [-0.05, 0) is 6.07 Å². The molecule has 20 heavy (non-hydrogen) atoms. The third-order valence-corrected chi connectivity index (χ3v) is 3.14. The van der Waals surface area contributed by atoms with Crippen molar-refractivity contribution in [1.29, 1.82) is 0 Å². The first kappa shape index (κ1) is 14.3. The van der Waals surface area contributed by atoms with Crippen molar-refractivity contribution in [2.45, 2.75) is 6.54 Å². The van der Waals surface area contributed by atoms with Crippen LogP contribution in [0.1, 0.15) is 15.9 Å². The van der Waals surface area contributed by atoms with Gasteiger partial charge in [0.15, 0.2) is 0 Å². The molecule has 0 aliphatic carbocycles. The van der Waals surface area contributed by atoms with Crippen LogP contribution in [0.3, 0.4) is 0 Å². The molecule has 1 N–H and O–H groups in total. The Morgan fingerprint density at radius 2 is 2.25 bits per heavy atom. The number of amides is 1. The summed E-state index contributed by atoms with van der Waals surface area (Å²) in [4.78, 5) is 18.0. The number of rotatable bonds is 4. The van der Waals surface area contributed by atoms with Gasteiger partial charge in [0.05, 0.1) is 16.8 Å². The molecule has 1 amide bonds. The molecule has 0 aliphatic rings. The maximum absolute atomic E-state index is 12.3. The monoisotopic (exact) mass is 293 g/mol. The standard InChI is InChI=1S/C13H16ClN5O/c1-15-12-11(14)4-10(6-16-12)13(20)18(2)7-9-5-17-19(3)8-9/h4-6,8H,7H2,1-3H3,(H,15,16). The topological polar surface area (TPSA) is 63.1 Å². The maximum atomic E-state index is 12.3. The lowest BCUT2D eigenvalue weighted by Gasteiger charge is -2.16. The zero-order valence-electron chi connectivity index (χ0n) is 11.6. The number of carbonyl (C=O) groups excluding carboxylic acids is 1. The molecule has 7 heteroatoms. The van der Waals surface area contributed by atoms with Crippen LogP contribution in [-0.4, -0.2) is 39.7 Å². The van der Waals surface area contributed by atoms with E-state index in [1.165, 1.54) is 6.20 Å². The lowest BCUT2D eigenvalue weighted by molar-refractivity contribution is 0.0784. The summed E-state index contributed by atoms with van der Waals surface area (Å²) in [6.45, 7) is 0.484. The Morgan fingerprint density at radius 1 is 1.50 bits per heavy atom. The molecular formula is C13H16ClN5O. The normalized spacial score (nSPS) is 10.4. The Bertz CT molecular complexity index is 625. The van der Waals surface area contributed by atoms with E-state index >= 15 is 0 Å². The van der Waals surface area contributed by atoms with Crippen molar-refractivity contribution in [2.75, 3.05) is 19.4 Å². The molecule has 0 radical (unpaired) electrons. The quantitative estimate of drug-likeness (QED) is 0.933. The molecule has 0 unspecified atom stereocenters. The minimum Gasteiger partial charge on any atom is -0.372 e. The van der Waals surface area contributed by atoms with E-state index in [2.05, 4.69) is 15.4 Å². The molecule has 2 aromatic heterocycles.